The van der Waals surface area contributed by atoms with Crippen LogP contribution in [0.2, 0.25) is 0 Å². The van der Waals surface area contributed by atoms with Crippen LogP contribution < -0.4 is 0 Å². The fourth-order valence-electron chi connectivity index (χ4n) is 12.3. The number of alkyl halides is 34. The van der Waals surface area contributed by atoms with Crippen molar-refractivity contribution in [3.05, 3.63) is 80.7 Å². The van der Waals surface area contributed by atoms with E-state index in [9.17, 15) is 212 Å². The number of H-pyrrole nitrogens is 2. The smallest absolute Gasteiger partial charge is 0.460 e. The van der Waals surface area contributed by atoms with Crippen molar-refractivity contribution >= 4 is 64.4 Å². The van der Waals surface area contributed by atoms with E-state index in [1.54, 1.807) is 0 Å². The molecular formula is C76H70F34N4O25. The molecule has 1 aliphatic heterocycles. The molecule has 0 saturated carbocycles. The van der Waals surface area contributed by atoms with E-state index < -0.39 is 257 Å². The molecule has 0 radical (unpaired) electrons. The maximum absolute atomic E-state index is 14.1. The van der Waals surface area contributed by atoms with Gasteiger partial charge in [-0.05, 0) is 49.9 Å². The Balaban J connectivity index is 0.000000427. The standard InChI is InChI=1S/C40H39F17N2O13.C36H31F17N2O12/c1-65-30(63)21-17-23(58-28-26(21)27-22(18-24(59-27)31(64)66-2)33(29(28)62)71-15-16-72-33)25(61)19-70-14-13-69-12-11-68-10-9-67-8-4-3-5-20(60)6-7-32(41,42)34(43,44)35(45,46)36(47,48)37(49,50)38(51,52)39(53,54)40(55,56)57;37-29(38,30(39,40)31(41,42)32(43,44)33(45,46)34(47,48)35(49,50)36(51,52)53)5-4-16(56)3-1-2-6-64-7-8-65-9-10-66-11-12-67-15-21(57)19-13-17(27(60)61)22-23-18(14-20(55-23)28(62)63)25(58)26(59)24(22)54-19/h17-18,59H,3-16,19H2,1-2H3;13-14,55H,1-12,15H2,(H,60,61)(H,62,63). The molecule has 0 aromatic carbocycles. The number of aromatic amines is 2. The van der Waals surface area contributed by atoms with Crippen LogP contribution in [0.25, 0.3) is 22.5 Å². The predicted octanol–water partition coefficient (Wildman–Crippen LogP) is 15.5. The van der Waals surface area contributed by atoms with Gasteiger partial charge in [0, 0.05) is 68.4 Å². The summed E-state index contributed by atoms with van der Waals surface area (Å²) in [6.07, 6.45) is -27.2. The van der Waals surface area contributed by atoms with Gasteiger partial charge in [0.25, 0.3) is 11.6 Å². The number of carbonyl (C=O) groups excluding carboxylic acids is 9. The van der Waals surface area contributed by atoms with Gasteiger partial charge in [-0.25, -0.2) is 29.1 Å². The largest absolute Gasteiger partial charge is 0.478 e. The minimum absolute atomic E-state index is 0.00491. The number of carbonyl (C=O) groups is 11. The number of pyridine rings is 2. The van der Waals surface area contributed by atoms with Crippen molar-refractivity contribution in [2.75, 3.05) is 133 Å². The van der Waals surface area contributed by atoms with Gasteiger partial charge < -0.3 is 77.0 Å². The Labute approximate surface area is 753 Å². The van der Waals surface area contributed by atoms with Crippen LogP contribution >= 0.6 is 0 Å². The maximum atomic E-state index is 14.1. The minimum Gasteiger partial charge on any atom is -0.478 e. The molecule has 3 aliphatic rings. The lowest BCUT2D eigenvalue weighted by atomic mass is 9.84. The van der Waals surface area contributed by atoms with E-state index in [1.807, 2.05) is 0 Å². The molecule has 0 bridgehead atoms. The number of nitrogens with zero attached hydrogens (tertiary/aromatic N) is 2. The number of carboxylic acid groups (broad SMARTS) is 2. The first-order valence-corrected chi connectivity index (χ1v) is 39.0. The Kier molecular flexibility index (Phi) is 37.5. The normalized spacial score (nSPS) is 15.0. The predicted molar refractivity (Wildman–Crippen MR) is 384 cm³/mol. The molecule has 782 valence electrons. The third-order valence-corrected chi connectivity index (χ3v) is 19.9. The zero-order chi connectivity index (χ0) is 106. The first kappa shape index (κ1) is 117. The van der Waals surface area contributed by atoms with Crippen LogP contribution in [-0.4, -0.2) is 323 Å². The van der Waals surface area contributed by atoms with Crippen molar-refractivity contribution in [3.8, 4) is 22.5 Å². The molecule has 4 N–H and O–H groups in total. The Hall–Kier alpha value is -10.4. The number of aromatic nitrogens is 4. The molecule has 0 unspecified atom stereocenters. The van der Waals surface area contributed by atoms with Crippen molar-refractivity contribution < 1.29 is 269 Å². The van der Waals surface area contributed by atoms with Gasteiger partial charge in [-0.2, -0.15) is 149 Å². The first-order valence-electron chi connectivity index (χ1n) is 39.0. The van der Waals surface area contributed by atoms with Gasteiger partial charge >= 0.3 is 119 Å². The number of halogens is 34. The number of Topliss-reactive ketones (excluding diaryl/α,β-unsaturated/α-hetero) is 7. The number of hydrogen-bond donors (Lipinski definition) is 4. The highest BCUT2D eigenvalue weighted by molar-refractivity contribution is 6.53. The van der Waals surface area contributed by atoms with Crippen molar-refractivity contribution in [1.82, 2.24) is 19.9 Å². The van der Waals surface area contributed by atoms with Crippen LogP contribution in [0.4, 0.5) is 149 Å². The highest BCUT2D eigenvalue weighted by atomic mass is 19.4. The van der Waals surface area contributed by atoms with E-state index in [-0.39, 0.29) is 171 Å². The summed E-state index contributed by atoms with van der Waals surface area (Å²) < 4.78 is 519. The summed E-state index contributed by atoms with van der Waals surface area (Å²) in [5, 5.41) is 19.0. The molecular weight excluding hydrogens is 2010 g/mol. The summed E-state index contributed by atoms with van der Waals surface area (Å²) in [4.78, 5) is 151. The fraction of sp³-hybridized carbons (Fsp3) is 0.618. The molecule has 139 heavy (non-hydrogen) atoms. The Morgan fingerprint density at radius 3 is 1.04 bits per heavy atom. The number of fused-ring (bicyclic) bond motifs is 7. The van der Waals surface area contributed by atoms with E-state index in [0.29, 0.717) is 0 Å². The average Bonchev–Trinajstić information content (AvgIpc) is 1.63. The van der Waals surface area contributed by atoms with Gasteiger partial charge in [0.15, 0.2) is 0 Å². The summed E-state index contributed by atoms with van der Waals surface area (Å²) in [5.41, 5.74) is -4.61. The molecule has 1 spiro atoms. The SMILES string of the molecule is COC(=O)c1cc2c([nH]1)-c1c(C(=O)OC)cc(C(=O)COCCOCCOCCOCCCCC(=O)CCC(F)(F)C(F)(F)C(F)(F)C(F)(F)C(F)(F)C(F)(F)C(F)(F)C(F)(F)F)nc1C(=O)C21OCCO1.O=C(CCCCOCCOCCOCCOCC(=O)c1cc(C(=O)O)c2c(n1)C(=O)C(=O)c1cc(C(=O)O)[nH]c1-2)CCC(F)(F)C(F)(F)C(F)(F)C(F)(F)C(F)(F)C(F)(F)C(F)(F)C(F)(F)F. The van der Waals surface area contributed by atoms with Gasteiger partial charge in [-0.15, -0.1) is 0 Å². The summed E-state index contributed by atoms with van der Waals surface area (Å²) in [5.74, 6) is -129. The molecule has 29 nitrogen and oxygen atoms in total. The molecule has 1 fully saturated rings. The summed E-state index contributed by atoms with van der Waals surface area (Å²) in [6, 6.07) is 4.02. The monoisotopic (exact) mass is 2080 g/mol. The van der Waals surface area contributed by atoms with Crippen LogP contribution in [-0.2, 0) is 72.2 Å². The van der Waals surface area contributed by atoms with Crippen molar-refractivity contribution in [2.45, 2.75) is 165 Å². The summed E-state index contributed by atoms with van der Waals surface area (Å²) >= 11 is 0. The number of methoxy groups -OCH3 is 2. The van der Waals surface area contributed by atoms with E-state index in [2.05, 4.69) is 19.9 Å². The Morgan fingerprint density at radius 2 is 0.683 bits per heavy atom. The lowest BCUT2D eigenvalue weighted by Crippen LogP contribution is -2.74. The quantitative estimate of drug-likeness (QED) is 0.0105. The minimum atomic E-state index is -8.73. The highest BCUT2D eigenvalue weighted by Gasteiger charge is 2.97. The molecule has 0 amide bonds. The van der Waals surface area contributed by atoms with Gasteiger partial charge in [-0.3, -0.25) is 33.6 Å². The molecule has 7 rings (SSSR count). The number of nitrogens with one attached hydrogen (secondary N) is 2. The van der Waals surface area contributed by atoms with Crippen LogP contribution in [0, 0.1) is 0 Å². The number of ketones is 7. The number of unbranched alkanes of at least 4 members (excludes halogenated alkanes) is 2. The number of aromatic carboxylic acids is 2. The zero-order valence-corrected chi connectivity index (χ0v) is 70.1. The second-order valence-electron chi connectivity index (χ2n) is 29.3. The maximum Gasteiger partial charge on any atom is 0.460 e. The zero-order valence-electron chi connectivity index (χ0n) is 70.1. The third-order valence-electron chi connectivity index (χ3n) is 19.9. The molecule has 5 heterocycles. The summed E-state index contributed by atoms with van der Waals surface area (Å²) in [6.45, 7) is -2.56. The average molecular weight is 2090 g/mol. The van der Waals surface area contributed by atoms with E-state index in [0.717, 1.165) is 32.4 Å². The Bertz CT molecular complexity index is 5110. The number of esters is 2. The lowest BCUT2D eigenvalue weighted by Gasteiger charge is -2.42. The van der Waals surface area contributed by atoms with Gasteiger partial charge in [0.05, 0.1) is 135 Å². The molecule has 2 aliphatic carbocycles. The van der Waals surface area contributed by atoms with Crippen LogP contribution in [0.5, 0.6) is 0 Å². The number of hydrogen-bond acceptors (Lipinski definition) is 25. The topological polar surface area (TPSA) is 396 Å². The molecule has 4 aromatic heterocycles. The second kappa shape index (κ2) is 44.4. The molecule has 0 atom stereocenters. The number of carboxylic acids is 2. The summed E-state index contributed by atoms with van der Waals surface area (Å²) in [7, 11) is 2.17. The van der Waals surface area contributed by atoms with Crippen LogP contribution in [0.3, 0.4) is 0 Å². The number of rotatable bonds is 56. The lowest BCUT2D eigenvalue weighted by molar-refractivity contribution is -0.461. The molecule has 4 aromatic rings. The fourth-order valence-corrected chi connectivity index (χ4v) is 12.3. The van der Waals surface area contributed by atoms with E-state index >= 15 is 0 Å². The van der Waals surface area contributed by atoms with Crippen LogP contribution in [0.15, 0.2) is 24.3 Å². The molecule has 1 saturated heterocycles. The van der Waals surface area contributed by atoms with Gasteiger partial charge in [0.1, 0.15) is 58.9 Å². The molecule has 63 heteroatoms. The van der Waals surface area contributed by atoms with E-state index in [4.69, 9.17) is 56.8 Å². The number of ether oxygens (including phenoxy) is 12. The highest BCUT2D eigenvalue weighted by Crippen LogP contribution is 2.67. The second-order valence-corrected chi connectivity index (χ2v) is 29.3. The van der Waals surface area contributed by atoms with E-state index in [1.165, 1.54) is 6.07 Å². The Morgan fingerprint density at radius 1 is 0.360 bits per heavy atom. The first-order chi connectivity index (χ1) is 63.7. The van der Waals surface area contributed by atoms with Crippen molar-refractivity contribution in [2.24, 2.45) is 0 Å². The van der Waals surface area contributed by atoms with Gasteiger partial charge in [0.2, 0.25) is 23.1 Å². The third kappa shape index (κ3) is 23.5. The van der Waals surface area contributed by atoms with Crippen molar-refractivity contribution in [1.29, 1.82) is 0 Å². The van der Waals surface area contributed by atoms with Gasteiger partial charge in [-0.1, -0.05) is 0 Å². The van der Waals surface area contributed by atoms with Crippen LogP contribution in [0.1, 0.15) is 164 Å². The van der Waals surface area contributed by atoms with Crippen molar-refractivity contribution in [3.63, 3.8) is 0 Å².